The van der Waals surface area contributed by atoms with Crippen LogP contribution in [0.25, 0.3) is 27.9 Å². The van der Waals surface area contributed by atoms with Crippen molar-refractivity contribution in [2.45, 2.75) is 0 Å². The molecule has 0 radical (unpaired) electrons. The van der Waals surface area contributed by atoms with Gasteiger partial charge in [-0.15, -0.1) is 5.10 Å². The Morgan fingerprint density at radius 2 is 1.90 bits per heavy atom. The van der Waals surface area contributed by atoms with Crippen LogP contribution in [-0.4, -0.2) is 36.7 Å². The van der Waals surface area contributed by atoms with Gasteiger partial charge in [0.05, 0.1) is 13.3 Å². The molecular formula is C21H14FN7O2. The SMILES string of the molecule is COc1ccc(-c2nc3c4cccc(F)c4nc(Nc4cnccnc4=O)n3n2)cc1. The number of anilines is 2. The molecule has 0 bridgehead atoms. The molecule has 0 fully saturated rings. The zero-order valence-electron chi connectivity index (χ0n) is 16.2. The lowest BCUT2D eigenvalue weighted by Gasteiger charge is -2.07. The number of halogens is 1. The van der Waals surface area contributed by atoms with E-state index in [0.29, 0.717) is 22.6 Å². The molecule has 0 saturated heterocycles. The quantitative estimate of drug-likeness (QED) is 0.477. The summed E-state index contributed by atoms with van der Waals surface area (Å²) in [4.78, 5) is 28.8. The Kier molecular flexibility index (Phi) is 4.43. The summed E-state index contributed by atoms with van der Waals surface area (Å²) in [5.41, 5.74) is 0.734. The third-order valence-electron chi connectivity index (χ3n) is 4.63. The molecule has 5 rings (SSSR count). The number of hydrogen-bond acceptors (Lipinski definition) is 8. The molecule has 31 heavy (non-hydrogen) atoms. The van der Waals surface area contributed by atoms with Crippen molar-refractivity contribution in [3.05, 3.63) is 77.2 Å². The molecule has 3 heterocycles. The Morgan fingerprint density at radius 1 is 1.06 bits per heavy atom. The number of ether oxygens (including phenoxy) is 1. The van der Waals surface area contributed by atoms with E-state index in [0.717, 1.165) is 5.56 Å². The van der Waals surface area contributed by atoms with E-state index < -0.39 is 11.4 Å². The molecule has 10 heteroatoms. The van der Waals surface area contributed by atoms with Crippen LogP contribution in [0.2, 0.25) is 0 Å². The maximum Gasteiger partial charge on any atom is 0.295 e. The molecule has 0 aliphatic carbocycles. The fraction of sp³-hybridized carbons (Fsp3) is 0.0476. The minimum atomic E-state index is -0.545. The summed E-state index contributed by atoms with van der Waals surface area (Å²) in [6.07, 6.45) is 3.98. The lowest BCUT2D eigenvalue weighted by atomic mass is 10.2. The Balaban J connectivity index is 1.75. The molecule has 1 N–H and O–H groups in total. The maximum atomic E-state index is 14.5. The predicted octanol–water partition coefficient (Wildman–Crippen LogP) is 2.99. The van der Waals surface area contributed by atoms with E-state index >= 15 is 0 Å². The maximum absolute atomic E-state index is 14.5. The summed E-state index contributed by atoms with van der Waals surface area (Å²) in [5, 5.41) is 7.88. The smallest absolute Gasteiger partial charge is 0.295 e. The number of rotatable bonds is 4. The van der Waals surface area contributed by atoms with E-state index in [-0.39, 0.29) is 17.2 Å². The highest BCUT2D eigenvalue weighted by Crippen LogP contribution is 2.27. The summed E-state index contributed by atoms with van der Waals surface area (Å²) in [7, 11) is 1.58. The second-order valence-electron chi connectivity index (χ2n) is 6.52. The summed E-state index contributed by atoms with van der Waals surface area (Å²) in [6, 6.07) is 11.8. The zero-order valence-corrected chi connectivity index (χ0v) is 16.2. The summed E-state index contributed by atoms with van der Waals surface area (Å²) >= 11 is 0. The average Bonchev–Trinajstić information content (AvgIpc) is 3.15. The predicted molar refractivity (Wildman–Crippen MR) is 112 cm³/mol. The molecule has 9 nitrogen and oxygen atoms in total. The van der Waals surface area contributed by atoms with Crippen LogP contribution in [0.1, 0.15) is 0 Å². The Bertz CT molecular complexity index is 1490. The molecule has 0 aliphatic heterocycles. The fourth-order valence-electron chi connectivity index (χ4n) is 3.13. The topological polar surface area (TPSA) is 107 Å². The number of nitrogens with one attached hydrogen (secondary N) is 1. The van der Waals surface area contributed by atoms with Gasteiger partial charge in [-0.1, -0.05) is 6.07 Å². The highest BCUT2D eigenvalue weighted by Gasteiger charge is 2.17. The first-order valence-electron chi connectivity index (χ1n) is 9.21. The Morgan fingerprint density at radius 3 is 2.71 bits per heavy atom. The van der Waals surface area contributed by atoms with E-state index in [1.54, 1.807) is 31.4 Å². The minimum Gasteiger partial charge on any atom is -0.497 e. The summed E-state index contributed by atoms with van der Waals surface area (Å²) in [5.74, 6) is 0.687. The van der Waals surface area contributed by atoms with Gasteiger partial charge in [-0.25, -0.2) is 19.3 Å². The number of fused-ring (bicyclic) bond motifs is 3. The average molecular weight is 415 g/mol. The van der Waals surface area contributed by atoms with Crippen LogP contribution < -0.4 is 15.6 Å². The number of hydrogen-bond donors (Lipinski definition) is 1. The Labute approximate surface area is 174 Å². The van der Waals surface area contributed by atoms with Gasteiger partial charge in [0.15, 0.2) is 11.5 Å². The van der Waals surface area contributed by atoms with E-state index in [9.17, 15) is 9.18 Å². The van der Waals surface area contributed by atoms with Crippen molar-refractivity contribution in [1.82, 2.24) is 29.5 Å². The van der Waals surface area contributed by atoms with Crippen molar-refractivity contribution in [3.63, 3.8) is 0 Å². The zero-order chi connectivity index (χ0) is 21.4. The van der Waals surface area contributed by atoms with Crippen molar-refractivity contribution < 1.29 is 9.13 Å². The van der Waals surface area contributed by atoms with Gasteiger partial charge in [0.25, 0.3) is 5.56 Å². The first-order valence-corrected chi connectivity index (χ1v) is 9.21. The third kappa shape index (κ3) is 3.29. The molecule has 0 atom stereocenters. The molecule has 3 aromatic heterocycles. The van der Waals surface area contributed by atoms with E-state index in [4.69, 9.17) is 4.74 Å². The number of aromatic nitrogens is 6. The van der Waals surface area contributed by atoms with Crippen molar-refractivity contribution in [2.75, 3.05) is 12.4 Å². The monoisotopic (exact) mass is 415 g/mol. The van der Waals surface area contributed by atoms with Crippen LogP contribution in [-0.2, 0) is 0 Å². The first-order chi connectivity index (χ1) is 15.1. The van der Waals surface area contributed by atoms with Crippen LogP contribution in [0.15, 0.2) is 65.8 Å². The Hall–Kier alpha value is -4.47. The molecule has 5 aromatic rings. The number of nitrogens with zero attached hydrogens (tertiary/aromatic N) is 6. The normalized spacial score (nSPS) is 11.0. The first kappa shape index (κ1) is 18.6. The van der Waals surface area contributed by atoms with Crippen LogP contribution in [0.4, 0.5) is 16.0 Å². The molecule has 0 saturated carbocycles. The van der Waals surface area contributed by atoms with Crippen molar-refractivity contribution >= 4 is 28.2 Å². The molecule has 2 aromatic carbocycles. The highest BCUT2D eigenvalue weighted by molar-refractivity contribution is 5.93. The van der Waals surface area contributed by atoms with Crippen LogP contribution >= 0.6 is 0 Å². The molecule has 152 valence electrons. The van der Waals surface area contributed by atoms with E-state index in [1.807, 2.05) is 12.1 Å². The number of benzene rings is 2. The second-order valence-corrected chi connectivity index (χ2v) is 6.52. The number of methoxy groups -OCH3 is 1. The van der Waals surface area contributed by atoms with Gasteiger partial charge in [-0.2, -0.15) is 4.52 Å². The van der Waals surface area contributed by atoms with Gasteiger partial charge in [0, 0.05) is 23.3 Å². The van der Waals surface area contributed by atoms with Gasteiger partial charge in [0.1, 0.15) is 22.8 Å². The van der Waals surface area contributed by atoms with Gasteiger partial charge >= 0.3 is 0 Å². The van der Waals surface area contributed by atoms with Gasteiger partial charge in [-0.3, -0.25) is 9.78 Å². The van der Waals surface area contributed by atoms with Gasteiger partial charge in [-0.05, 0) is 36.4 Å². The summed E-state index contributed by atoms with van der Waals surface area (Å²) in [6.45, 7) is 0. The standard InChI is InChI=1S/C21H14FN7O2/c1-31-13-7-5-12(6-8-13)18-27-19-14-3-2-4-15(22)17(14)26-21(29(19)28-18)25-16-11-23-9-10-24-20(16)30/h2-11H,1H3,(H,24,25,26,30). The molecule has 0 unspecified atom stereocenters. The lowest BCUT2D eigenvalue weighted by Crippen LogP contribution is -2.12. The highest BCUT2D eigenvalue weighted by atomic mass is 19.1. The van der Waals surface area contributed by atoms with Crippen LogP contribution in [0.5, 0.6) is 5.75 Å². The van der Waals surface area contributed by atoms with E-state index in [1.165, 1.54) is 29.2 Å². The van der Waals surface area contributed by atoms with Gasteiger partial charge < -0.3 is 10.1 Å². The van der Waals surface area contributed by atoms with E-state index in [2.05, 4.69) is 30.4 Å². The van der Waals surface area contributed by atoms with Crippen molar-refractivity contribution in [3.8, 4) is 17.1 Å². The van der Waals surface area contributed by atoms with Crippen LogP contribution in [0, 0.1) is 5.82 Å². The molecule has 0 spiro atoms. The lowest BCUT2D eigenvalue weighted by molar-refractivity contribution is 0.415. The fourth-order valence-corrected chi connectivity index (χ4v) is 3.13. The molecule has 0 amide bonds. The van der Waals surface area contributed by atoms with Gasteiger partial charge in [0.2, 0.25) is 5.95 Å². The van der Waals surface area contributed by atoms with Crippen LogP contribution in [0.3, 0.4) is 0 Å². The van der Waals surface area contributed by atoms with Crippen molar-refractivity contribution in [1.29, 1.82) is 0 Å². The van der Waals surface area contributed by atoms with Crippen molar-refractivity contribution in [2.24, 2.45) is 0 Å². The largest absolute Gasteiger partial charge is 0.497 e. The summed E-state index contributed by atoms with van der Waals surface area (Å²) < 4.78 is 21.2. The third-order valence-corrected chi connectivity index (χ3v) is 4.63. The number of para-hydroxylation sites is 1. The minimum absolute atomic E-state index is 0.0657. The second kappa shape index (κ2) is 7.41. The molecular weight excluding hydrogens is 401 g/mol. The molecule has 0 aliphatic rings.